The Labute approximate surface area is 132 Å². The SMILES string of the molecule is CCNC(Cc1cccc(Cl)c1F)c1c(F)cccc1Cl. The molecule has 0 amide bonds. The first kappa shape index (κ1) is 16.2. The van der Waals surface area contributed by atoms with Gasteiger partial charge in [0.2, 0.25) is 0 Å². The van der Waals surface area contributed by atoms with Gasteiger partial charge in [0.05, 0.1) is 5.02 Å². The zero-order valence-electron chi connectivity index (χ0n) is 11.5. The Morgan fingerprint density at radius 2 is 1.71 bits per heavy atom. The molecule has 21 heavy (non-hydrogen) atoms. The summed E-state index contributed by atoms with van der Waals surface area (Å²) in [5.41, 5.74) is 0.771. The highest BCUT2D eigenvalue weighted by molar-refractivity contribution is 6.31. The van der Waals surface area contributed by atoms with Crippen LogP contribution in [0.2, 0.25) is 10.0 Å². The lowest BCUT2D eigenvalue weighted by molar-refractivity contribution is 0.498. The van der Waals surface area contributed by atoms with Gasteiger partial charge in [-0.25, -0.2) is 8.78 Å². The van der Waals surface area contributed by atoms with E-state index in [9.17, 15) is 8.78 Å². The molecule has 1 nitrogen and oxygen atoms in total. The number of rotatable bonds is 5. The molecule has 1 atom stereocenters. The molecule has 0 aromatic heterocycles. The van der Waals surface area contributed by atoms with Crippen molar-refractivity contribution in [1.82, 2.24) is 5.32 Å². The predicted molar refractivity (Wildman–Crippen MR) is 82.9 cm³/mol. The molecular formula is C16H15Cl2F2N. The van der Waals surface area contributed by atoms with Crippen molar-refractivity contribution < 1.29 is 8.78 Å². The molecule has 2 aromatic rings. The number of nitrogens with one attached hydrogen (secondary N) is 1. The van der Waals surface area contributed by atoms with Gasteiger partial charge in [0.1, 0.15) is 11.6 Å². The summed E-state index contributed by atoms with van der Waals surface area (Å²) in [5.74, 6) is -0.884. The summed E-state index contributed by atoms with van der Waals surface area (Å²) in [6.07, 6.45) is 0.265. The fraction of sp³-hybridized carbons (Fsp3) is 0.250. The minimum Gasteiger partial charge on any atom is -0.310 e. The van der Waals surface area contributed by atoms with Gasteiger partial charge >= 0.3 is 0 Å². The minimum absolute atomic E-state index is 0.0578. The van der Waals surface area contributed by atoms with E-state index in [2.05, 4.69) is 5.32 Å². The van der Waals surface area contributed by atoms with Gasteiger partial charge in [0.25, 0.3) is 0 Å². The topological polar surface area (TPSA) is 12.0 Å². The zero-order chi connectivity index (χ0) is 15.4. The molecule has 112 valence electrons. The Hall–Kier alpha value is -1.16. The Morgan fingerprint density at radius 3 is 2.38 bits per heavy atom. The monoisotopic (exact) mass is 329 g/mol. The van der Waals surface area contributed by atoms with Gasteiger partial charge in [-0.05, 0) is 36.7 Å². The van der Waals surface area contributed by atoms with Crippen molar-refractivity contribution in [3.05, 3.63) is 69.2 Å². The molecule has 0 fully saturated rings. The van der Waals surface area contributed by atoms with Crippen LogP contribution in [0, 0.1) is 11.6 Å². The number of hydrogen-bond acceptors (Lipinski definition) is 1. The average molecular weight is 330 g/mol. The molecule has 1 N–H and O–H groups in total. The number of halogens is 4. The molecule has 0 saturated heterocycles. The lowest BCUT2D eigenvalue weighted by Crippen LogP contribution is -2.24. The van der Waals surface area contributed by atoms with Gasteiger partial charge in [-0.2, -0.15) is 0 Å². The molecule has 0 heterocycles. The molecule has 2 rings (SSSR count). The van der Waals surface area contributed by atoms with Crippen molar-refractivity contribution in [3.8, 4) is 0 Å². The van der Waals surface area contributed by atoms with Gasteiger partial charge in [-0.1, -0.05) is 48.3 Å². The summed E-state index contributed by atoms with van der Waals surface area (Å²) in [7, 11) is 0. The molecule has 0 aliphatic heterocycles. The van der Waals surface area contributed by atoms with Crippen LogP contribution in [0.3, 0.4) is 0 Å². The third-order valence-electron chi connectivity index (χ3n) is 3.25. The van der Waals surface area contributed by atoms with Crippen LogP contribution in [0.4, 0.5) is 8.78 Å². The van der Waals surface area contributed by atoms with Gasteiger partial charge < -0.3 is 5.32 Å². The summed E-state index contributed by atoms with van der Waals surface area (Å²) in [5, 5.41) is 3.52. The average Bonchev–Trinajstić information content (AvgIpc) is 2.44. The van der Waals surface area contributed by atoms with Crippen LogP contribution in [0.15, 0.2) is 36.4 Å². The smallest absolute Gasteiger partial charge is 0.145 e. The summed E-state index contributed by atoms with van der Waals surface area (Å²) in [6.45, 7) is 2.51. The molecule has 2 aromatic carbocycles. The fourth-order valence-corrected chi connectivity index (χ4v) is 2.78. The third kappa shape index (κ3) is 3.73. The van der Waals surface area contributed by atoms with Crippen molar-refractivity contribution in [2.75, 3.05) is 6.54 Å². The van der Waals surface area contributed by atoms with E-state index in [0.29, 0.717) is 22.7 Å². The van der Waals surface area contributed by atoms with E-state index in [1.165, 1.54) is 12.1 Å². The first-order chi connectivity index (χ1) is 10.0. The Kier molecular flexibility index (Phi) is 5.57. The number of likely N-dealkylation sites (N-methyl/N-ethyl adjacent to an activating group) is 1. The van der Waals surface area contributed by atoms with E-state index < -0.39 is 17.7 Å². The Morgan fingerprint density at radius 1 is 1.05 bits per heavy atom. The van der Waals surface area contributed by atoms with Gasteiger partial charge in [0, 0.05) is 16.6 Å². The lowest BCUT2D eigenvalue weighted by Gasteiger charge is -2.21. The van der Waals surface area contributed by atoms with E-state index in [0.717, 1.165) is 0 Å². The second kappa shape index (κ2) is 7.21. The first-order valence-electron chi connectivity index (χ1n) is 6.64. The normalized spacial score (nSPS) is 12.4. The predicted octanol–water partition coefficient (Wildman–Crippen LogP) is 5.16. The summed E-state index contributed by atoms with van der Waals surface area (Å²) < 4.78 is 28.1. The highest BCUT2D eigenvalue weighted by Crippen LogP contribution is 2.30. The van der Waals surface area contributed by atoms with Crippen molar-refractivity contribution in [3.63, 3.8) is 0 Å². The van der Waals surface area contributed by atoms with Gasteiger partial charge in [-0.15, -0.1) is 0 Å². The summed E-state index contributed by atoms with van der Waals surface area (Å²) >= 11 is 11.9. The maximum absolute atomic E-state index is 14.1. The highest BCUT2D eigenvalue weighted by atomic mass is 35.5. The van der Waals surface area contributed by atoms with Crippen LogP contribution in [-0.4, -0.2) is 6.54 Å². The molecule has 0 aliphatic carbocycles. The number of benzene rings is 2. The van der Waals surface area contributed by atoms with Crippen molar-refractivity contribution in [1.29, 1.82) is 0 Å². The maximum atomic E-state index is 14.1. The Balaban J connectivity index is 2.38. The highest BCUT2D eigenvalue weighted by Gasteiger charge is 2.20. The van der Waals surface area contributed by atoms with Crippen LogP contribution >= 0.6 is 23.2 Å². The van der Waals surface area contributed by atoms with Crippen LogP contribution in [0.1, 0.15) is 24.1 Å². The minimum atomic E-state index is -0.477. The molecule has 0 bridgehead atoms. The third-order valence-corrected chi connectivity index (χ3v) is 3.88. The van der Waals surface area contributed by atoms with Crippen LogP contribution in [0.25, 0.3) is 0 Å². The van der Waals surface area contributed by atoms with Gasteiger partial charge in [-0.3, -0.25) is 0 Å². The fourth-order valence-electron chi connectivity index (χ4n) is 2.29. The number of hydrogen-bond donors (Lipinski definition) is 1. The summed E-state index contributed by atoms with van der Waals surface area (Å²) in [6, 6.07) is 8.89. The maximum Gasteiger partial charge on any atom is 0.145 e. The molecule has 5 heteroatoms. The molecule has 0 aliphatic rings. The van der Waals surface area contributed by atoms with Crippen LogP contribution in [0.5, 0.6) is 0 Å². The standard InChI is InChI=1S/C16H15Cl2F2N/c1-2-21-14(15-11(17)6-4-8-13(15)19)9-10-5-3-7-12(18)16(10)20/h3-8,14,21H,2,9H2,1H3. The van der Waals surface area contributed by atoms with E-state index >= 15 is 0 Å². The van der Waals surface area contributed by atoms with Crippen molar-refractivity contribution >= 4 is 23.2 Å². The Bertz CT molecular complexity index is 611. The molecule has 0 spiro atoms. The van der Waals surface area contributed by atoms with Crippen molar-refractivity contribution in [2.45, 2.75) is 19.4 Å². The van der Waals surface area contributed by atoms with E-state index in [1.807, 2.05) is 6.92 Å². The summed E-state index contributed by atoms with van der Waals surface area (Å²) in [4.78, 5) is 0. The quantitative estimate of drug-likeness (QED) is 0.798. The molecule has 0 radical (unpaired) electrons. The second-order valence-electron chi connectivity index (χ2n) is 4.66. The van der Waals surface area contributed by atoms with Crippen molar-refractivity contribution in [2.24, 2.45) is 0 Å². The largest absolute Gasteiger partial charge is 0.310 e. The second-order valence-corrected chi connectivity index (χ2v) is 5.48. The van der Waals surface area contributed by atoms with Gasteiger partial charge in [0.15, 0.2) is 0 Å². The van der Waals surface area contributed by atoms with Crippen LogP contribution < -0.4 is 5.32 Å². The van der Waals surface area contributed by atoms with Crippen LogP contribution in [-0.2, 0) is 6.42 Å². The van der Waals surface area contributed by atoms with E-state index in [4.69, 9.17) is 23.2 Å². The van der Waals surface area contributed by atoms with E-state index in [-0.39, 0.29) is 11.4 Å². The molecular weight excluding hydrogens is 315 g/mol. The van der Waals surface area contributed by atoms with E-state index in [1.54, 1.807) is 24.3 Å². The molecule has 1 unspecified atom stereocenters. The zero-order valence-corrected chi connectivity index (χ0v) is 13.0. The molecule has 0 saturated carbocycles. The first-order valence-corrected chi connectivity index (χ1v) is 7.40. The lowest BCUT2D eigenvalue weighted by atomic mass is 9.98.